The number of carbonyl (C=O) groups is 1. The number of sulfone groups is 1. The van der Waals surface area contributed by atoms with Crippen LogP contribution in [-0.4, -0.2) is 34.4 Å². The van der Waals surface area contributed by atoms with Crippen LogP contribution in [0.4, 0.5) is 10.8 Å². The number of hydrogen-bond acceptors (Lipinski definition) is 10. The van der Waals surface area contributed by atoms with Crippen LogP contribution in [-0.2, 0) is 14.6 Å². The van der Waals surface area contributed by atoms with Crippen LogP contribution >= 0.6 is 11.5 Å². The van der Waals surface area contributed by atoms with E-state index in [1.54, 1.807) is 32.0 Å². The number of nitro benzene ring substituents is 1. The van der Waals surface area contributed by atoms with Crippen LogP contribution in [0.15, 0.2) is 51.5 Å². The van der Waals surface area contributed by atoms with Gasteiger partial charge in [-0.3, -0.25) is 20.2 Å². The lowest BCUT2D eigenvalue weighted by Gasteiger charge is -2.02. The number of rotatable bonds is 8. The number of nitrogens with zero attached hydrogens (tertiary/aromatic N) is 4. The highest BCUT2D eigenvalue weighted by atomic mass is 32.2. The van der Waals surface area contributed by atoms with Gasteiger partial charge in [0.25, 0.3) is 16.8 Å². The normalized spacial score (nSPS) is 11.9. The molecular weight excluding hydrogens is 470 g/mol. The Labute approximate surface area is 192 Å². The fourth-order valence-electron chi connectivity index (χ4n) is 2.71. The molecule has 1 aromatic carbocycles. The highest BCUT2D eigenvalue weighted by Crippen LogP contribution is 2.27. The Hall–Kier alpha value is -3.89. The predicted octanol–water partition coefficient (Wildman–Crippen LogP) is 3.68. The Kier molecular flexibility index (Phi) is 7.00. The van der Waals surface area contributed by atoms with Gasteiger partial charge in [-0.05, 0) is 18.1 Å². The quantitative estimate of drug-likeness (QED) is 0.215. The van der Waals surface area contributed by atoms with Crippen molar-refractivity contribution in [2.75, 3.05) is 11.1 Å². The van der Waals surface area contributed by atoms with E-state index in [0.29, 0.717) is 22.9 Å². The second kappa shape index (κ2) is 9.72. The van der Waals surface area contributed by atoms with E-state index < -0.39 is 20.7 Å². The number of carbonyl (C=O) groups excluding carboxylic acids is 1. The molecule has 0 aliphatic carbocycles. The van der Waals surface area contributed by atoms with Crippen molar-refractivity contribution in [1.29, 1.82) is 5.26 Å². The second-order valence-electron chi connectivity index (χ2n) is 7.19. The van der Waals surface area contributed by atoms with Crippen LogP contribution in [0.25, 0.3) is 17.4 Å². The summed E-state index contributed by atoms with van der Waals surface area (Å²) in [6, 6.07) is 10.6. The Morgan fingerprint density at radius 2 is 2.12 bits per heavy atom. The smallest absolute Gasteiger partial charge is 0.270 e. The van der Waals surface area contributed by atoms with Crippen LogP contribution < -0.4 is 5.32 Å². The van der Waals surface area contributed by atoms with Crippen LogP contribution in [0.5, 0.6) is 0 Å². The van der Waals surface area contributed by atoms with Crippen LogP contribution in [0.3, 0.4) is 0 Å². The lowest BCUT2D eigenvalue weighted by molar-refractivity contribution is -0.384. The standard InChI is InChI=1S/C20H17N5O6S2/c1-12(2)11-33(29,30)20-23-19(32-24-20)22-18(26)14(10-21)9-16-6-7-17(31-16)13-4-3-5-15(8-13)25(27)28/h3-9,12H,11H2,1-2H3,(H,22,23,24,26). The predicted molar refractivity (Wildman–Crippen MR) is 120 cm³/mol. The largest absolute Gasteiger partial charge is 0.457 e. The van der Waals surface area contributed by atoms with E-state index in [0.717, 1.165) is 0 Å². The Balaban J connectivity index is 1.77. The summed E-state index contributed by atoms with van der Waals surface area (Å²) in [5.41, 5.74) is 0.0254. The van der Waals surface area contributed by atoms with Gasteiger partial charge in [0.2, 0.25) is 15.0 Å². The maximum absolute atomic E-state index is 12.5. The van der Waals surface area contributed by atoms with Crippen LogP contribution in [0.1, 0.15) is 19.6 Å². The SMILES string of the molecule is CC(C)CS(=O)(=O)c1nsc(NC(=O)C(C#N)=Cc2ccc(-c3cccc([N+](=O)[O-])c3)o2)n1. The maximum atomic E-state index is 12.5. The topological polar surface area (TPSA) is 169 Å². The minimum absolute atomic E-state index is 0.0692. The van der Waals surface area contributed by atoms with E-state index in [1.807, 2.05) is 0 Å². The fourth-order valence-corrected chi connectivity index (χ4v) is 5.07. The van der Waals surface area contributed by atoms with Gasteiger partial charge in [0.15, 0.2) is 0 Å². The first-order valence-electron chi connectivity index (χ1n) is 9.43. The average molecular weight is 488 g/mol. The van der Waals surface area contributed by atoms with Crippen molar-refractivity contribution in [3.8, 4) is 17.4 Å². The lowest BCUT2D eigenvalue weighted by atomic mass is 10.1. The molecule has 0 radical (unpaired) electrons. The molecule has 170 valence electrons. The van der Waals surface area contributed by atoms with E-state index in [9.17, 15) is 28.6 Å². The van der Waals surface area contributed by atoms with Crippen molar-refractivity contribution < 1.29 is 22.6 Å². The van der Waals surface area contributed by atoms with Crippen molar-refractivity contribution in [2.24, 2.45) is 5.92 Å². The highest BCUT2D eigenvalue weighted by Gasteiger charge is 2.23. The number of nitriles is 1. The number of amides is 1. The molecule has 0 atom stereocenters. The number of nitrogens with one attached hydrogen (secondary N) is 1. The third-order valence-electron chi connectivity index (χ3n) is 4.08. The van der Waals surface area contributed by atoms with Crippen molar-refractivity contribution in [2.45, 2.75) is 19.0 Å². The summed E-state index contributed by atoms with van der Waals surface area (Å²) in [6.45, 7) is 3.49. The van der Waals surface area contributed by atoms with Gasteiger partial charge in [0.1, 0.15) is 23.2 Å². The highest BCUT2D eigenvalue weighted by molar-refractivity contribution is 7.91. The second-order valence-corrected chi connectivity index (χ2v) is 9.87. The van der Waals surface area contributed by atoms with E-state index in [-0.39, 0.29) is 39.0 Å². The first-order valence-corrected chi connectivity index (χ1v) is 11.9. The van der Waals surface area contributed by atoms with E-state index in [1.165, 1.54) is 30.3 Å². The van der Waals surface area contributed by atoms with Crippen LogP contribution in [0.2, 0.25) is 0 Å². The molecule has 3 rings (SSSR count). The molecule has 0 aliphatic heterocycles. The number of hydrogen-bond donors (Lipinski definition) is 1. The van der Waals surface area contributed by atoms with Gasteiger partial charge >= 0.3 is 0 Å². The Bertz CT molecular complexity index is 1380. The summed E-state index contributed by atoms with van der Waals surface area (Å²) in [5, 5.41) is 22.2. The zero-order valence-electron chi connectivity index (χ0n) is 17.4. The van der Waals surface area contributed by atoms with Gasteiger partial charge in [-0.25, -0.2) is 8.42 Å². The molecule has 1 N–H and O–H groups in total. The average Bonchev–Trinajstić information content (AvgIpc) is 3.41. The number of benzene rings is 1. The van der Waals surface area contributed by atoms with E-state index in [4.69, 9.17) is 4.42 Å². The Morgan fingerprint density at radius 1 is 1.36 bits per heavy atom. The fraction of sp³-hybridized carbons (Fsp3) is 0.200. The molecule has 1 amide bonds. The summed E-state index contributed by atoms with van der Waals surface area (Å²) in [6.07, 6.45) is 1.19. The van der Waals surface area contributed by atoms with Crippen molar-refractivity contribution in [1.82, 2.24) is 9.36 Å². The third-order valence-corrected chi connectivity index (χ3v) is 6.67. The van der Waals surface area contributed by atoms with Gasteiger partial charge in [-0.15, -0.1) is 0 Å². The number of anilines is 1. The van der Waals surface area contributed by atoms with Gasteiger partial charge in [-0.1, -0.05) is 26.0 Å². The third kappa shape index (κ3) is 5.88. The summed E-state index contributed by atoms with van der Waals surface area (Å²) in [7, 11) is -3.68. The first kappa shape index (κ1) is 23.8. The van der Waals surface area contributed by atoms with Crippen molar-refractivity contribution in [3.63, 3.8) is 0 Å². The minimum atomic E-state index is -3.68. The molecule has 0 aliphatic rings. The number of non-ortho nitro benzene ring substituents is 1. The van der Waals surface area contributed by atoms with Gasteiger partial charge in [0.05, 0.1) is 10.7 Å². The number of aromatic nitrogens is 2. The first-order chi connectivity index (χ1) is 15.6. The number of furan rings is 1. The summed E-state index contributed by atoms with van der Waals surface area (Å²) in [4.78, 5) is 26.7. The van der Waals surface area contributed by atoms with E-state index >= 15 is 0 Å². The van der Waals surface area contributed by atoms with Gasteiger partial charge < -0.3 is 4.42 Å². The van der Waals surface area contributed by atoms with Crippen molar-refractivity contribution in [3.05, 3.63) is 57.8 Å². The monoisotopic (exact) mass is 487 g/mol. The van der Waals surface area contributed by atoms with Gasteiger partial charge in [-0.2, -0.15) is 14.6 Å². The molecule has 11 nitrogen and oxygen atoms in total. The molecule has 2 aromatic heterocycles. The molecule has 0 fully saturated rings. The number of nitro groups is 1. The zero-order valence-corrected chi connectivity index (χ0v) is 19.0. The Morgan fingerprint density at radius 3 is 2.79 bits per heavy atom. The molecular formula is C20H17N5O6S2. The lowest BCUT2D eigenvalue weighted by Crippen LogP contribution is -2.15. The zero-order chi connectivity index (χ0) is 24.2. The summed E-state index contributed by atoms with van der Waals surface area (Å²) in [5.74, 6) is -0.599. The molecule has 2 heterocycles. The van der Waals surface area contributed by atoms with Crippen LogP contribution in [0, 0.1) is 27.4 Å². The maximum Gasteiger partial charge on any atom is 0.270 e. The minimum Gasteiger partial charge on any atom is -0.457 e. The summed E-state index contributed by atoms with van der Waals surface area (Å²) < 4.78 is 33.8. The molecule has 13 heteroatoms. The molecule has 0 spiro atoms. The molecule has 3 aromatic rings. The van der Waals surface area contributed by atoms with E-state index in [2.05, 4.69) is 14.7 Å². The molecule has 0 bridgehead atoms. The summed E-state index contributed by atoms with van der Waals surface area (Å²) >= 11 is 0.684. The van der Waals surface area contributed by atoms with Gasteiger partial charge in [0, 0.05) is 35.3 Å². The molecule has 33 heavy (non-hydrogen) atoms. The molecule has 0 unspecified atom stereocenters. The van der Waals surface area contributed by atoms with Crippen molar-refractivity contribution >= 4 is 44.2 Å². The molecule has 0 saturated carbocycles. The molecule has 0 saturated heterocycles.